The van der Waals surface area contributed by atoms with Gasteiger partial charge in [-0.1, -0.05) is 0 Å². The number of aromatic nitrogens is 4. The Labute approximate surface area is 158 Å². The summed E-state index contributed by atoms with van der Waals surface area (Å²) in [6, 6.07) is 1.95. The second kappa shape index (κ2) is 8.04. The number of carboxylic acid groups (broad SMARTS) is 1. The topological polar surface area (TPSA) is 87.4 Å². The number of carboxylic acids is 1. The van der Waals surface area contributed by atoms with Crippen LogP contribution in [0.1, 0.15) is 42.9 Å². The minimum absolute atomic E-state index is 0.0787. The second-order valence-electron chi connectivity index (χ2n) is 7.47. The summed E-state index contributed by atoms with van der Waals surface area (Å²) < 4.78 is 1.62. The molecule has 1 atom stereocenters. The van der Waals surface area contributed by atoms with Crippen molar-refractivity contribution in [3.8, 4) is 0 Å². The van der Waals surface area contributed by atoms with Crippen molar-refractivity contribution in [2.75, 3.05) is 31.1 Å². The van der Waals surface area contributed by atoms with Crippen molar-refractivity contribution in [3.05, 3.63) is 35.9 Å². The monoisotopic (exact) mass is 370 g/mol. The molecule has 27 heavy (non-hydrogen) atoms. The van der Waals surface area contributed by atoms with E-state index in [0.29, 0.717) is 5.92 Å². The lowest BCUT2D eigenvalue weighted by molar-refractivity contribution is -0.137. The quantitative estimate of drug-likeness (QED) is 0.829. The molecule has 0 aliphatic carbocycles. The van der Waals surface area contributed by atoms with E-state index in [1.54, 1.807) is 10.9 Å². The Balaban J connectivity index is 1.38. The van der Waals surface area contributed by atoms with E-state index in [1.807, 2.05) is 18.5 Å². The van der Waals surface area contributed by atoms with E-state index in [9.17, 15) is 4.79 Å². The molecule has 2 fully saturated rings. The SMILES string of the molecule is O=C(O)Cn1nccc1[C@@H]1CCCN(Cc2cnc(N3CCCC3)nc2)C1. The highest BCUT2D eigenvalue weighted by Gasteiger charge is 2.25. The molecule has 2 aromatic heterocycles. The molecule has 0 aromatic carbocycles. The largest absolute Gasteiger partial charge is 0.480 e. The Bertz CT molecular complexity index is 769. The first kappa shape index (κ1) is 17.9. The average molecular weight is 370 g/mol. The van der Waals surface area contributed by atoms with Gasteiger partial charge >= 0.3 is 5.97 Å². The van der Waals surface area contributed by atoms with Crippen LogP contribution in [0.3, 0.4) is 0 Å². The molecule has 8 nitrogen and oxygen atoms in total. The molecular formula is C19H26N6O2. The van der Waals surface area contributed by atoms with Gasteiger partial charge in [-0.05, 0) is 38.3 Å². The molecule has 0 amide bonds. The standard InChI is InChI=1S/C19H26N6O2/c26-18(27)14-25-17(5-6-22-25)16-4-3-7-23(13-16)12-15-10-20-19(21-11-15)24-8-1-2-9-24/h5-6,10-11,16H,1-4,7-9,12-14H2,(H,26,27)/t16-/m1/s1. The van der Waals surface area contributed by atoms with Gasteiger partial charge in [0, 0.05) is 61.9 Å². The van der Waals surface area contributed by atoms with Crippen LogP contribution in [-0.4, -0.2) is 61.9 Å². The van der Waals surface area contributed by atoms with Gasteiger partial charge in [0.15, 0.2) is 0 Å². The average Bonchev–Trinajstić information content (AvgIpc) is 3.34. The van der Waals surface area contributed by atoms with Crippen molar-refractivity contribution in [1.82, 2.24) is 24.6 Å². The van der Waals surface area contributed by atoms with Gasteiger partial charge in [0.05, 0.1) is 0 Å². The van der Waals surface area contributed by atoms with Gasteiger partial charge in [-0.2, -0.15) is 5.10 Å². The minimum atomic E-state index is -0.858. The van der Waals surface area contributed by atoms with Gasteiger partial charge in [-0.15, -0.1) is 0 Å². The van der Waals surface area contributed by atoms with E-state index in [2.05, 4.69) is 24.9 Å². The van der Waals surface area contributed by atoms with Crippen molar-refractivity contribution in [2.24, 2.45) is 0 Å². The summed E-state index contributed by atoms with van der Waals surface area (Å²) in [7, 11) is 0. The maximum Gasteiger partial charge on any atom is 0.325 e. The lowest BCUT2D eigenvalue weighted by Crippen LogP contribution is -2.35. The highest BCUT2D eigenvalue weighted by molar-refractivity contribution is 5.66. The molecule has 4 heterocycles. The smallest absolute Gasteiger partial charge is 0.325 e. The Kier molecular flexibility index (Phi) is 5.33. The van der Waals surface area contributed by atoms with Gasteiger partial charge in [0.1, 0.15) is 6.54 Å². The summed E-state index contributed by atoms with van der Waals surface area (Å²) in [5.74, 6) is 0.290. The van der Waals surface area contributed by atoms with E-state index in [0.717, 1.165) is 62.8 Å². The number of likely N-dealkylation sites (tertiary alicyclic amines) is 1. The number of hydrogen-bond acceptors (Lipinski definition) is 6. The van der Waals surface area contributed by atoms with Crippen LogP contribution in [0.5, 0.6) is 0 Å². The van der Waals surface area contributed by atoms with Gasteiger partial charge < -0.3 is 10.0 Å². The lowest BCUT2D eigenvalue weighted by Gasteiger charge is -2.32. The van der Waals surface area contributed by atoms with Crippen molar-refractivity contribution in [3.63, 3.8) is 0 Å². The summed E-state index contributed by atoms with van der Waals surface area (Å²) in [6.45, 7) is 4.79. The maximum absolute atomic E-state index is 11.0. The molecule has 0 spiro atoms. The summed E-state index contributed by atoms with van der Waals surface area (Å²) >= 11 is 0. The predicted molar refractivity (Wildman–Crippen MR) is 101 cm³/mol. The second-order valence-corrected chi connectivity index (χ2v) is 7.47. The van der Waals surface area contributed by atoms with E-state index in [4.69, 9.17) is 5.11 Å². The summed E-state index contributed by atoms with van der Waals surface area (Å²) in [4.78, 5) is 24.8. The number of carbonyl (C=O) groups is 1. The predicted octanol–water partition coefficient (Wildman–Crippen LogP) is 1.74. The first-order valence-electron chi connectivity index (χ1n) is 9.71. The van der Waals surface area contributed by atoms with Crippen LogP contribution in [0.15, 0.2) is 24.7 Å². The zero-order chi connectivity index (χ0) is 18.6. The highest BCUT2D eigenvalue weighted by atomic mass is 16.4. The summed E-state index contributed by atoms with van der Waals surface area (Å²) in [6.07, 6.45) is 10.2. The Morgan fingerprint density at radius 3 is 2.67 bits per heavy atom. The molecule has 144 valence electrons. The third-order valence-corrected chi connectivity index (χ3v) is 5.44. The Morgan fingerprint density at radius 2 is 1.93 bits per heavy atom. The molecule has 0 unspecified atom stereocenters. The molecule has 2 aliphatic heterocycles. The molecular weight excluding hydrogens is 344 g/mol. The van der Waals surface area contributed by atoms with Crippen LogP contribution >= 0.6 is 0 Å². The zero-order valence-corrected chi connectivity index (χ0v) is 15.5. The third-order valence-electron chi connectivity index (χ3n) is 5.44. The van der Waals surface area contributed by atoms with E-state index in [1.165, 1.54) is 12.8 Å². The number of anilines is 1. The Morgan fingerprint density at radius 1 is 1.15 bits per heavy atom. The van der Waals surface area contributed by atoms with Crippen LogP contribution in [0, 0.1) is 0 Å². The van der Waals surface area contributed by atoms with Gasteiger partial charge in [0.25, 0.3) is 0 Å². The molecule has 0 bridgehead atoms. The van der Waals surface area contributed by atoms with Crippen molar-refractivity contribution < 1.29 is 9.90 Å². The number of hydrogen-bond donors (Lipinski definition) is 1. The van der Waals surface area contributed by atoms with Gasteiger partial charge in [-0.25, -0.2) is 9.97 Å². The maximum atomic E-state index is 11.0. The molecule has 4 rings (SSSR count). The van der Waals surface area contributed by atoms with E-state index in [-0.39, 0.29) is 6.54 Å². The first-order valence-corrected chi connectivity index (χ1v) is 9.71. The summed E-state index contributed by atoms with van der Waals surface area (Å²) in [5.41, 5.74) is 2.14. The number of aliphatic carboxylic acids is 1. The van der Waals surface area contributed by atoms with Gasteiger partial charge in [0.2, 0.25) is 5.95 Å². The van der Waals surface area contributed by atoms with Crippen molar-refractivity contribution in [2.45, 2.75) is 44.7 Å². The van der Waals surface area contributed by atoms with Crippen molar-refractivity contribution >= 4 is 11.9 Å². The van der Waals surface area contributed by atoms with Crippen LogP contribution in [0.25, 0.3) is 0 Å². The highest BCUT2D eigenvalue weighted by Crippen LogP contribution is 2.27. The zero-order valence-electron chi connectivity index (χ0n) is 15.5. The van der Waals surface area contributed by atoms with Crippen LogP contribution in [0.2, 0.25) is 0 Å². The molecule has 0 radical (unpaired) electrons. The first-order chi connectivity index (χ1) is 13.2. The molecule has 2 aliphatic rings. The fourth-order valence-electron chi connectivity index (χ4n) is 4.16. The Hall–Kier alpha value is -2.48. The minimum Gasteiger partial charge on any atom is -0.480 e. The van der Waals surface area contributed by atoms with E-state index >= 15 is 0 Å². The summed E-state index contributed by atoms with van der Waals surface area (Å²) in [5, 5.41) is 13.2. The molecule has 8 heteroatoms. The van der Waals surface area contributed by atoms with Crippen LogP contribution in [0.4, 0.5) is 5.95 Å². The molecule has 2 saturated heterocycles. The van der Waals surface area contributed by atoms with Crippen LogP contribution in [-0.2, 0) is 17.9 Å². The number of piperidine rings is 1. The molecule has 1 N–H and O–H groups in total. The fourth-order valence-corrected chi connectivity index (χ4v) is 4.16. The van der Waals surface area contributed by atoms with E-state index < -0.39 is 5.97 Å². The number of nitrogens with zero attached hydrogens (tertiary/aromatic N) is 6. The molecule has 0 saturated carbocycles. The van der Waals surface area contributed by atoms with Gasteiger partial charge in [-0.3, -0.25) is 14.4 Å². The molecule has 2 aromatic rings. The normalized spacial score (nSPS) is 20.9. The number of rotatable bonds is 6. The lowest BCUT2D eigenvalue weighted by atomic mass is 9.94. The fraction of sp³-hybridized carbons (Fsp3) is 0.579. The van der Waals surface area contributed by atoms with Crippen molar-refractivity contribution in [1.29, 1.82) is 0 Å². The van der Waals surface area contributed by atoms with Crippen LogP contribution < -0.4 is 4.90 Å². The third kappa shape index (κ3) is 4.27.